The summed E-state index contributed by atoms with van der Waals surface area (Å²) in [7, 11) is 0. The van der Waals surface area contributed by atoms with Crippen LogP contribution in [0.15, 0.2) is 23.1 Å². The zero-order valence-corrected chi connectivity index (χ0v) is 11.7. The van der Waals surface area contributed by atoms with Crippen LogP contribution in [0, 0.1) is 17.0 Å². The summed E-state index contributed by atoms with van der Waals surface area (Å²) < 4.78 is 31.9. The molecular weight excluding hydrogens is 274 g/mol. The second-order valence-electron chi connectivity index (χ2n) is 4.63. The lowest BCUT2D eigenvalue weighted by Crippen LogP contribution is -2.33. The fourth-order valence-electron chi connectivity index (χ4n) is 1.97. The number of hydrogen-bond donors (Lipinski definition) is 1. The van der Waals surface area contributed by atoms with Crippen LogP contribution in [0.3, 0.4) is 0 Å². The number of rotatable bonds is 4. The van der Waals surface area contributed by atoms with E-state index in [9.17, 15) is 8.78 Å². The monoisotopic (exact) mass is 290 g/mol. The van der Waals surface area contributed by atoms with Gasteiger partial charge in [0.05, 0.1) is 0 Å². The Morgan fingerprint density at radius 3 is 2.67 bits per heavy atom. The van der Waals surface area contributed by atoms with Crippen molar-refractivity contribution in [2.45, 2.75) is 17.7 Å². The molecule has 0 aromatic heterocycles. The second-order valence-corrected chi connectivity index (χ2v) is 5.97. The number of thioether (sulfide) groups is 1. The van der Waals surface area contributed by atoms with Crippen LogP contribution >= 0.6 is 24.4 Å². The standard InChI is InChI=1S/C13H16F2OS2/c14-10-1-2-11(15)12(7-10)18-9-13(8-17)3-5-16-6-4-13/h1-2,7,17H,3-6,8-9H2. The molecule has 1 aliphatic heterocycles. The van der Waals surface area contributed by atoms with Crippen LogP contribution in [0.1, 0.15) is 12.8 Å². The van der Waals surface area contributed by atoms with Gasteiger partial charge >= 0.3 is 0 Å². The van der Waals surface area contributed by atoms with Gasteiger partial charge in [-0.25, -0.2) is 8.78 Å². The minimum Gasteiger partial charge on any atom is -0.381 e. The quantitative estimate of drug-likeness (QED) is 0.667. The van der Waals surface area contributed by atoms with Crippen molar-refractivity contribution in [3.05, 3.63) is 29.8 Å². The molecule has 1 nitrogen and oxygen atoms in total. The molecule has 1 aliphatic rings. The van der Waals surface area contributed by atoms with E-state index in [-0.39, 0.29) is 11.2 Å². The highest BCUT2D eigenvalue weighted by atomic mass is 32.2. The van der Waals surface area contributed by atoms with Gasteiger partial charge in [0.25, 0.3) is 0 Å². The van der Waals surface area contributed by atoms with E-state index < -0.39 is 5.82 Å². The summed E-state index contributed by atoms with van der Waals surface area (Å²) in [6, 6.07) is 3.57. The van der Waals surface area contributed by atoms with Crippen molar-refractivity contribution in [2.75, 3.05) is 24.7 Å². The molecule has 2 rings (SSSR count). The summed E-state index contributed by atoms with van der Waals surface area (Å²) in [6.45, 7) is 1.46. The van der Waals surface area contributed by atoms with E-state index in [1.165, 1.54) is 23.9 Å². The summed E-state index contributed by atoms with van der Waals surface area (Å²) in [5.41, 5.74) is 0.0742. The van der Waals surface area contributed by atoms with Gasteiger partial charge in [-0.15, -0.1) is 11.8 Å². The smallest absolute Gasteiger partial charge is 0.136 e. The number of benzene rings is 1. The average Bonchev–Trinajstić information content (AvgIpc) is 2.41. The molecular formula is C13H16F2OS2. The first-order chi connectivity index (χ1) is 8.65. The van der Waals surface area contributed by atoms with Crippen molar-refractivity contribution in [3.63, 3.8) is 0 Å². The molecule has 1 aromatic carbocycles. The van der Waals surface area contributed by atoms with Gasteiger partial charge in [0.2, 0.25) is 0 Å². The molecule has 0 N–H and O–H groups in total. The van der Waals surface area contributed by atoms with E-state index in [0.717, 1.165) is 43.6 Å². The Bertz CT molecular complexity index is 406. The van der Waals surface area contributed by atoms with Crippen molar-refractivity contribution in [3.8, 4) is 0 Å². The summed E-state index contributed by atoms with van der Waals surface area (Å²) >= 11 is 5.78. The van der Waals surface area contributed by atoms with E-state index in [1.54, 1.807) is 0 Å². The Morgan fingerprint density at radius 1 is 1.28 bits per heavy atom. The molecule has 18 heavy (non-hydrogen) atoms. The molecule has 0 unspecified atom stereocenters. The molecule has 1 fully saturated rings. The maximum absolute atomic E-state index is 13.5. The van der Waals surface area contributed by atoms with Crippen molar-refractivity contribution >= 4 is 24.4 Å². The highest BCUT2D eigenvalue weighted by molar-refractivity contribution is 7.99. The zero-order chi connectivity index (χ0) is 13.0. The third kappa shape index (κ3) is 3.39. The zero-order valence-electron chi connectivity index (χ0n) is 9.99. The van der Waals surface area contributed by atoms with Gasteiger partial charge in [0.1, 0.15) is 11.6 Å². The molecule has 1 aromatic rings. The highest BCUT2D eigenvalue weighted by Gasteiger charge is 2.31. The number of thiol groups is 1. The maximum atomic E-state index is 13.5. The Morgan fingerprint density at radius 2 is 2.00 bits per heavy atom. The molecule has 0 radical (unpaired) electrons. The summed E-state index contributed by atoms with van der Waals surface area (Å²) in [5.74, 6) is 0.745. The van der Waals surface area contributed by atoms with E-state index in [2.05, 4.69) is 12.6 Å². The Hall–Kier alpha value is -0.260. The van der Waals surface area contributed by atoms with Crippen LogP contribution in [0.2, 0.25) is 0 Å². The molecule has 0 aliphatic carbocycles. The number of ether oxygens (including phenoxy) is 1. The van der Waals surface area contributed by atoms with Crippen molar-refractivity contribution < 1.29 is 13.5 Å². The van der Waals surface area contributed by atoms with Crippen LogP contribution in [0.4, 0.5) is 8.78 Å². The summed E-state index contributed by atoms with van der Waals surface area (Å²) in [6.07, 6.45) is 1.86. The fraction of sp³-hybridized carbons (Fsp3) is 0.538. The van der Waals surface area contributed by atoms with Gasteiger partial charge in [0, 0.05) is 23.9 Å². The van der Waals surface area contributed by atoms with Crippen LogP contribution in [-0.4, -0.2) is 24.7 Å². The first kappa shape index (κ1) is 14.2. The molecule has 0 bridgehead atoms. The lowest BCUT2D eigenvalue weighted by molar-refractivity contribution is 0.0371. The molecule has 0 spiro atoms. The highest BCUT2D eigenvalue weighted by Crippen LogP contribution is 2.38. The van der Waals surface area contributed by atoms with E-state index in [0.29, 0.717) is 4.90 Å². The predicted octanol–water partition coefficient (Wildman–Crippen LogP) is 3.78. The van der Waals surface area contributed by atoms with Crippen LogP contribution in [0.25, 0.3) is 0 Å². The van der Waals surface area contributed by atoms with Gasteiger partial charge in [-0.05, 0) is 42.2 Å². The Balaban J connectivity index is 2.03. The summed E-state index contributed by atoms with van der Waals surface area (Å²) in [5, 5.41) is 0. The van der Waals surface area contributed by atoms with Crippen LogP contribution < -0.4 is 0 Å². The minimum absolute atomic E-state index is 0.0742. The van der Waals surface area contributed by atoms with Gasteiger partial charge in [-0.2, -0.15) is 12.6 Å². The molecule has 1 heterocycles. The maximum Gasteiger partial charge on any atom is 0.136 e. The topological polar surface area (TPSA) is 9.23 Å². The van der Waals surface area contributed by atoms with Crippen molar-refractivity contribution in [1.82, 2.24) is 0 Å². The van der Waals surface area contributed by atoms with Gasteiger partial charge in [-0.1, -0.05) is 0 Å². The van der Waals surface area contributed by atoms with Crippen molar-refractivity contribution in [1.29, 1.82) is 0 Å². The molecule has 100 valence electrons. The molecule has 0 saturated carbocycles. The normalized spacial score (nSPS) is 18.8. The first-order valence-corrected chi connectivity index (χ1v) is 7.53. The molecule has 5 heteroatoms. The fourth-order valence-corrected chi connectivity index (χ4v) is 3.80. The second kappa shape index (κ2) is 6.26. The SMILES string of the molecule is Fc1ccc(F)c(SCC2(CS)CCOCC2)c1. The third-order valence-electron chi connectivity index (χ3n) is 3.32. The molecule has 0 atom stereocenters. The number of hydrogen-bond acceptors (Lipinski definition) is 3. The predicted molar refractivity (Wildman–Crippen MR) is 73.4 cm³/mol. The van der Waals surface area contributed by atoms with Crippen LogP contribution in [0.5, 0.6) is 0 Å². The van der Waals surface area contributed by atoms with Crippen molar-refractivity contribution in [2.24, 2.45) is 5.41 Å². The average molecular weight is 290 g/mol. The van der Waals surface area contributed by atoms with Gasteiger partial charge in [-0.3, -0.25) is 0 Å². The lowest BCUT2D eigenvalue weighted by atomic mass is 9.84. The largest absolute Gasteiger partial charge is 0.381 e. The van der Waals surface area contributed by atoms with Crippen LogP contribution in [-0.2, 0) is 4.74 Å². The van der Waals surface area contributed by atoms with Gasteiger partial charge in [0.15, 0.2) is 0 Å². The Labute approximate surface area is 116 Å². The summed E-state index contributed by atoms with van der Waals surface area (Å²) in [4.78, 5) is 0.377. The lowest BCUT2D eigenvalue weighted by Gasteiger charge is -2.35. The minimum atomic E-state index is -0.397. The molecule has 0 amide bonds. The molecule has 1 saturated heterocycles. The van der Waals surface area contributed by atoms with Gasteiger partial charge < -0.3 is 4.74 Å². The number of halogens is 2. The third-order valence-corrected chi connectivity index (χ3v) is 5.37. The first-order valence-electron chi connectivity index (χ1n) is 5.92. The van der Waals surface area contributed by atoms with E-state index in [1.807, 2.05) is 0 Å². The Kier molecular flexibility index (Phi) is 4.92. The van der Waals surface area contributed by atoms with E-state index >= 15 is 0 Å². The van der Waals surface area contributed by atoms with E-state index in [4.69, 9.17) is 4.74 Å².